The molecule has 2 aromatic carbocycles. The van der Waals surface area contributed by atoms with Crippen molar-refractivity contribution in [2.75, 3.05) is 5.32 Å². The van der Waals surface area contributed by atoms with Gasteiger partial charge in [-0.3, -0.25) is 9.78 Å². The van der Waals surface area contributed by atoms with Gasteiger partial charge in [-0.1, -0.05) is 11.6 Å². The molecule has 2 heterocycles. The molecule has 28 heavy (non-hydrogen) atoms. The molecule has 8 heteroatoms. The number of nitrogens with one attached hydrogen (secondary N) is 1. The minimum Gasteiger partial charge on any atom is -0.366 e. The van der Waals surface area contributed by atoms with E-state index in [1.54, 1.807) is 36.7 Å². The van der Waals surface area contributed by atoms with Crippen LogP contribution in [0.2, 0.25) is 5.02 Å². The molecule has 0 bridgehead atoms. The van der Waals surface area contributed by atoms with Gasteiger partial charge in [0.1, 0.15) is 11.6 Å². The summed E-state index contributed by atoms with van der Waals surface area (Å²) in [5.74, 6) is -0.210. The van der Waals surface area contributed by atoms with Crippen molar-refractivity contribution < 1.29 is 9.18 Å². The number of primary amides is 1. The number of hydrogen-bond donors (Lipinski definition) is 2. The Bertz CT molecular complexity index is 1200. The maximum absolute atomic E-state index is 13.5. The van der Waals surface area contributed by atoms with Crippen LogP contribution in [-0.4, -0.2) is 20.9 Å². The summed E-state index contributed by atoms with van der Waals surface area (Å²) in [6.07, 6.45) is 3.31. The first-order valence-electron chi connectivity index (χ1n) is 8.25. The van der Waals surface area contributed by atoms with Crippen LogP contribution in [0.3, 0.4) is 0 Å². The fourth-order valence-electron chi connectivity index (χ4n) is 2.71. The monoisotopic (exact) mass is 393 g/mol. The number of anilines is 2. The van der Waals surface area contributed by atoms with Crippen LogP contribution in [0.1, 0.15) is 10.4 Å². The standard InChI is InChI=1S/C20H13ClFN5O/c21-15-9-13(4-5-16(15)22)25-20-14-8-11(18(23)28)3-6-17(14)26-19(27-20)12-2-1-7-24-10-12/h1-10H,(H2,23,28)(H,25,26,27). The Kier molecular flexibility index (Phi) is 4.58. The molecule has 138 valence electrons. The number of benzene rings is 2. The molecule has 0 unspecified atom stereocenters. The lowest BCUT2D eigenvalue weighted by Crippen LogP contribution is -2.11. The fraction of sp³-hybridized carbons (Fsp3) is 0. The van der Waals surface area contributed by atoms with E-state index in [4.69, 9.17) is 17.3 Å². The van der Waals surface area contributed by atoms with E-state index in [0.29, 0.717) is 33.8 Å². The Balaban J connectivity index is 1.90. The predicted molar refractivity (Wildman–Crippen MR) is 106 cm³/mol. The number of carbonyl (C=O) groups is 1. The smallest absolute Gasteiger partial charge is 0.248 e. The first-order chi connectivity index (χ1) is 13.5. The molecule has 0 spiro atoms. The quantitative estimate of drug-likeness (QED) is 0.538. The van der Waals surface area contributed by atoms with Gasteiger partial charge in [-0.05, 0) is 48.5 Å². The van der Waals surface area contributed by atoms with E-state index in [0.717, 1.165) is 5.56 Å². The van der Waals surface area contributed by atoms with Crippen molar-refractivity contribution in [3.05, 3.63) is 77.3 Å². The molecule has 0 radical (unpaired) electrons. The molecule has 1 amide bonds. The molecule has 0 saturated heterocycles. The summed E-state index contributed by atoms with van der Waals surface area (Å²) in [6.45, 7) is 0. The van der Waals surface area contributed by atoms with Gasteiger partial charge >= 0.3 is 0 Å². The van der Waals surface area contributed by atoms with Gasteiger partial charge in [-0.2, -0.15) is 0 Å². The lowest BCUT2D eigenvalue weighted by atomic mass is 10.1. The van der Waals surface area contributed by atoms with E-state index in [2.05, 4.69) is 20.3 Å². The molecule has 0 fully saturated rings. The number of aromatic nitrogens is 3. The highest BCUT2D eigenvalue weighted by Gasteiger charge is 2.13. The zero-order valence-electron chi connectivity index (χ0n) is 14.4. The topological polar surface area (TPSA) is 93.8 Å². The van der Waals surface area contributed by atoms with E-state index in [9.17, 15) is 9.18 Å². The molecular weight excluding hydrogens is 381 g/mol. The minimum absolute atomic E-state index is 0.0198. The van der Waals surface area contributed by atoms with E-state index in [1.165, 1.54) is 18.2 Å². The van der Waals surface area contributed by atoms with Gasteiger partial charge in [0.2, 0.25) is 5.91 Å². The van der Waals surface area contributed by atoms with Crippen LogP contribution in [0.5, 0.6) is 0 Å². The number of nitrogens with two attached hydrogens (primary N) is 1. The van der Waals surface area contributed by atoms with E-state index in [1.807, 2.05) is 6.07 Å². The zero-order chi connectivity index (χ0) is 19.7. The molecule has 0 saturated carbocycles. The van der Waals surface area contributed by atoms with Crippen molar-refractivity contribution in [3.63, 3.8) is 0 Å². The van der Waals surface area contributed by atoms with Crippen LogP contribution in [-0.2, 0) is 0 Å². The SMILES string of the molecule is NC(=O)c1ccc2nc(-c3cccnc3)nc(Nc3ccc(F)c(Cl)c3)c2c1. The molecule has 0 aliphatic heterocycles. The van der Waals surface area contributed by atoms with Gasteiger partial charge in [-0.15, -0.1) is 0 Å². The van der Waals surface area contributed by atoms with Crippen LogP contribution in [0, 0.1) is 5.82 Å². The number of carbonyl (C=O) groups excluding carboxylic acids is 1. The molecule has 0 atom stereocenters. The number of amides is 1. The maximum Gasteiger partial charge on any atom is 0.248 e. The average Bonchev–Trinajstić information content (AvgIpc) is 2.71. The second-order valence-corrected chi connectivity index (χ2v) is 6.39. The Morgan fingerprint density at radius 1 is 1.11 bits per heavy atom. The molecular formula is C20H13ClFN5O. The third-order valence-electron chi connectivity index (χ3n) is 4.08. The maximum atomic E-state index is 13.5. The van der Waals surface area contributed by atoms with Gasteiger partial charge in [-0.25, -0.2) is 14.4 Å². The fourth-order valence-corrected chi connectivity index (χ4v) is 2.89. The third kappa shape index (κ3) is 3.47. The lowest BCUT2D eigenvalue weighted by Gasteiger charge is -2.12. The Morgan fingerprint density at radius 3 is 2.68 bits per heavy atom. The van der Waals surface area contributed by atoms with Gasteiger partial charge in [0, 0.05) is 34.6 Å². The Hall–Kier alpha value is -3.58. The highest BCUT2D eigenvalue weighted by Crippen LogP contribution is 2.29. The number of fused-ring (bicyclic) bond motifs is 1. The van der Waals surface area contributed by atoms with Crippen molar-refractivity contribution in [2.24, 2.45) is 5.73 Å². The summed E-state index contributed by atoms with van der Waals surface area (Å²) in [6, 6.07) is 12.8. The number of hydrogen-bond acceptors (Lipinski definition) is 5. The number of nitrogens with zero attached hydrogens (tertiary/aromatic N) is 3. The summed E-state index contributed by atoms with van der Waals surface area (Å²) in [5.41, 5.74) is 7.59. The summed E-state index contributed by atoms with van der Waals surface area (Å²) in [7, 11) is 0. The normalized spacial score (nSPS) is 10.8. The van der Waals surface area contributed by atoms with Crippen molar-refractivity contribution in [1.29, 1.82) is 0 Å². The second kappa shape index (κ2) is 7.21. The van der Waals surface area contributed by atoms with Crippen LogP contribution in [0.15, 0.2) is 60.9 Å². The first-order valence-corrected chi connectivity index (χ1v) is 8.63. The van der Waals surface area contributed by atoms with Gasteiger partial charge < -0.3 is 11.1 Å². The molecule has 0 aliphatic carbocycles. The van der Waals surface area contributed by atoms with Crippen LogP contribution >= 0.6 is 11.6 Å². The third-order valence-corrected chi connectivity index (χ3v) is 4.37. The minimum atomic E-state index is -0.561. The summed E-state index contributed by atoms with van der Waals surface area (Å²) >= 11 is 5.88. The van der Waals surface area contributed by atoms with Gasteiger partial charge in [0.15, 0.2) is 5.82 Å². The first kappa shape index (κ1) is 17.8. The van der Waals surface area contributed by atoms with E-state index in [-0.39, 0.29) is 5.02 Å². The summed E-state index contributed by atoms with van der Waals surface area (Å²) in [4.78, 5) is 24.8. The summed E-state index contributed by atoms with van der Waals surface area (Å²) < 4.78 is 13.5. The molecule has 4 rings (SSSR count). The molecule has 0 aliphatic rings. The second-order valence-electron chi connectivity index (χ2n) is 5.99. The largest absolute Gasteiger partial charge is 0.366 e. The van der Waals surface area contributed by atoms with E-state index >= 15 is 0 Å². The predicted octanol–water partition coefficient (Wildman–Crippen LogP) is 4.33. The van der Waals surface area contributed by atoms with Crippen molar-refractivity contribution in [1.82, 2.24) is 15.0 Å². The Morgan fingerprint density at radius 2 is 1.96 bits per heavy atom. The van der Waals surface area contributed by atoms with Crippen molar-refractivity contribution >= 4 is 39.9 Å². The molecule has 6 nitrogen and oxygen atoms in total. The van der Waals surface area contributed by atoms with Gasteiger partial charge in [0.05, 0.1) is 10.5 Å². The average molecular weight is 394 g/mol. The lowest BCUT2D eigenvalue weighted by molar-refractivity contribution is 0.100. The molecule has 4 aromatic rings. The highest BCUT2D eigenvalue weighted by molar-refractivity contribution is 6.31. The van der Waals surface area contributed by atoms with Crippen LogP contribution < -0.4 is 11.1 Å². The van der Waals surface area contributed by atoms with E-state index < -0.39 is 11.7 Å². The van der Waals surface area contributed by atoms with Crippen LogP contribution in [0.25, 0.3) is 22.3 Å². The number of pyridine rings is 1. The van der Waals surface area contributed by atoms with Gasteiger partial charge in [0.25, 0.3) is 0 Å². The van der Waals surface area contributed by atoms with Crippen LogP contribution in [0.4, 0.5) is 15.9 Å². The molecule has 3 N–H and O–H groups in total. The number of halogens is 2. The van der Waals surface area contributed by atoms with Crippen molar-refractivity contribution in [2.45, 2.75) is 0 Å². The Labute approximate surface area is 164 Å². The summed E-state index contributed by atoms with van der Waals surface area (Å²) in [5, 5.41) is 3.68. The zero-order valence-corrected chi connectivity index (χ0v) is 15.1. The highest BCUT2D eigenvalue weighted by atomic mass is 35.5. The number of rotatable bonds is 4. The van der Waals surface area contributed by atoms with Crippen molar-refractivity contribution in [3.8, 4) is 11.4 Å². The molecule has 2 aromatic heterocycles.